The van der Waals surface area contributed by atoms with Gasteiger partial charge in [-0.05, 0) is 0 Å². The predicted octanol–water partition coefficient (Wildman–Crippen LogP) is -0.485. The molecule has 0 aliphatic heterocycles. The van der Waals surface area contributed by atoms with Crippen LogP contribution in [-0.2, 0) is 24.3 Å². The molecular weight excluding hydrogens is 243 g/mol. The molecule has 1 amide bonds. The smallest absolute Gasteiger partial charge is 0.456 e. The normalized spacial score (nSPS) is 12.0. The van der Waals surface area contributed by atoms with Gasteiger partial charge in [0.2, 0.25) is 0 Å². The third kappa shape index (κ3) is 4.63. The minimum Gasteiger partial charge on any atom is -0.456 e. The van der Waals surface area contributed by atoms with Crippen LogP contribution in [0.15, 0.2) is 0 Å². The van der Waals surface area contributed by atoms with Crippen molar-refractivity contribution in [3.63, 3.8) is 0 Å². The molecule has 0 spiro atoms. The van der Waals surface area contributed by atoms with Crippen molar-refractivity contribution < 1.29 is 35.9 Å². The molecule has 0 saturated heterocycles. The molecule has 0 fully saturated rings. The summed E-state index contributed by atoms with van der Waals surface area (Å²) < 4.78 is 60.3. The molecule has 1 N–H and O–H groups in total. The number of rotatable bonds is 3. The first kappa shape index (κ1) is 13.7. The van der Waals surface area contributed by atoms with Crippen molar-refractivity contribution in [2.45, 2.75) is 12.4 Å². The summed E-state index contributed by atoms with van der Waals surface area (Å²) in [5.74, 6) is -2.50. The number of hydrogen-bond donors (Lipinski definition) is 1. The Kier molecular flexibility index (Phi) is 4.07. The quantitative estimate of drug-likeness (QED) is 0.682. The molecule has 0 rings (SSSR count). The van der Waals surface area contributed by atoms with Crippen LogP contribution in [0.2, 0.25) is 0 Å². The summed E-state index contributed by atoms with van der Waals surface area (Å²) in [6.07, 6.45) is 0. The Morgan fingerprint density at radius 2 is 1.80 bits per heavy atom. The summed E-state index contributed by atoms with van der Waals surface area (Å²) in [7, 11) is -5.74. The van der Waals surface area contributed by atoms with E-state index in [1.807, 2.05) is 0 Å². The minimum absolute atomic E-state index is 0.683. The largest absolute Gasteiger partial charge is 0.516 e. The second-order valence-corrected chi connectivity index (χ2v) is 3.93. The molecule has 0 atom stereocenters. The van der Waals surface area contributed by atoms with Gasteiger partial charge in [-0.25, -0.2) is 4.72 Å². The van der Waals surface area contributed by atoms with E-state index in [0.29, 0.717) is 4.72 Å². The molecule has 0 heterocycles. The van der Waals surface area contributed by atoms with Gasteiger partial charge in [-0.1, -0.05) is 0 Å². The fourth-order valence-corrected chi connectivity index (χ4v) is 0.879. The maximum atomic E-state index is 11.7. The number of alkyl halides is 3. The second kappa shape index (κ2) is 4.47. The Morgan fingerprint density at radius 3 is 2.13 bits per heavy atom. The highest BCUT2D eigenvalue weighted by atomic mass is 32.2. The highest BCUT2D eigenvalue weighted by Crippen LogP contribution is 2.21. The van der Waals surface area contributed by atoms with Crippen LogP contribution in [0.1, 0.15) is 6.92 Å². The zero-order valence-corrected chi connectivity index (χ0v) is 8.11. The van der Waals surface area contributed by atoms with E-state index >= 15 is 0 Å². The van der Waals surface area contributed by atoms with Gasteiger partial charge >= 0.3 is 21.5 Å². The average molecular weight is 249 g/mol. The summed E-state index contributed by atoms with van der Waals surface area (Å²) in [4.78, 5) is 20.7. The lowest BCUT2D eigenvalue weighted by atomic mass is 10.7. The molecule has 88 valence electrons. The Balaban J connectivity index is 4.37. The molecule has 10 heteroatoms. The van der Waals surface area contributed by atoms with Gasteiger partial charge in [0.25, 0.3) is 5.91 Å². The zero-order chi connectivity index (χ0) is 12.3. The first-order valence-corrected chi connectivity index (χ1v) is 4.80. The zero-order valence-electron chi connectivity index (χ0n) is 7.29. The van der Waals surface area contributed by atoms with Gasteiger partial charge in [0, 0.05) is 6.92 Å². The van der Waals surface area contributed by atoms with Crippen LogP contribution in [0.25, 0.3) is 0 Å². The van der Waals surface area contributed by atoms with E-state index in [4.69, 9.17) is 0 Å². The second-order valence-electron chi connectivity index (χ2n) is 2.25. The van der Waals surface area contributed by atoms with Crippen LogP contribution in [-0.4, -0.2) is 32.4 Å². The standard InChI is InChI=1S/C5H6F3NO5S/c1-3(10)14-2-4(11)9-15(12,13)5(6,7)8/h2H2,1H3,(H,9,11). The molecule has 0 aliphatic carbocycles. The van der Waals surface area contributed by atoms with Crippen molar-refractivity contribution in [2.75, 3.05) is 6.61 Å². The SMILES string of the molecule is CC(=O)OCC(=O)NS(=O)(=O)C(F)(F)F. The number of halogens is 3. The number of carbonyl (C=O) groups is 2. The van der Waals surface area contributed by atoms with Crippen LogP contribution in [0.4, 0.5) is 13.2 Å². The fraction of sp³-hybridized carbons (Fsp3) is 0.600. The summed E-state index contributed by atoms with van der Waals surface area (Å²) in [6.45, 7) is -0.184. The number of carbonyl (C=O) groups excluding carboxylic acids is 2. The van der Waals surface area contributed by atoms with Gasteiger partial charge in [0.1, 0.15) is 0 Å². The lowest BCUT2D eigenvalue weighted by molar-refractivity contribution is -0.145. The fourth-order valence-electron chi connectivity index (χ4n) is 0.404. The minimum atomic E-state index is -5.74. The molecule has 0 radical (unpaired) electrons. The Hall–Kier alpha value is -1.32. The molecule has 15 heavy (non-hydrogen) atoms. The van der Waals surface area contributed by atoms with Crippen molar-refractivity contribution in [3.8, 4) is 0 Å². The highest BCUT2D eigenvalue weighted by molar-refractivity contribution is 7.90. The molecule has 0 aromatic heterocycles. The van der Waals surface area contributed by atoms with Crippen molar-refractivity contribution in [2.24, 2.45) is 0 Å². The average Bonchev–Trinajstić information content (AvgIpc) is 1.97. The Bertz CT molecular complexity index is 359. The van der Waals surface area contributed by atoms with Crippen LogP contribution in [0.3, 0.4) is 0 Å². The van der Waals surface area contributed by atoms with Gasteiger partial charge in [-0.15, -0.1) is 0 Å². The van der Waals surface area contributed by atoms with E-state index in [-0.39, 0.29) is 0 Å². The van der Waals surface area contributed by atoms with Crippen LogP contribution in [0.5, 0.6) is 0 Å². The molecule has 0 aromatic carbocycles. The monoisotopic (exact) mass is 249 g/mol. The molecule has 0 unspecified atom stereocenters. The number of esters is 1. The van der Waals surface area contributed by atoms with E-state index in [1.165, 1.54) is 0 Å². The highest BCUT2D eigenvalue weighted by Gasteiger charge is 2.47. The summed E-state index contributed by atoms with van der Waals surface area (Å²) in [6, 6.07) is 0. The van der Waals surface area contributed by atoms with Gasteiger partial charge in [0.05, 0.1) is 0 Å². The van der Waals surface area contributed by atoms with Crippen LogP contribution < -0.4 is 4.72 Å². The first-order chi connectivity index (χ1) is 6.56. The van der Waals surface area contributed by atoms with Gasteiger partial charge in [-0.2, -0.15) is 21.6 Å². The van der Waals surface area contributed by atoms with E-state index in [1.54, 1.807) is 0 Å². The lowest BCUT2D eigenvalue weighted by Crippen LogP contribution is -2.41. The Labute approximate surface area is 82.4 Å². The lowest BCUT2D eigenvalue weighted by Gasteiger charge is -2.08. The molecule has 6 nitrogen and oxygen atoms in total. The van der Waals surface area contributed by atoms with E-state index < -0.39 is 34.0 Å². The number of sulfonamides is 1. The van der Waals surface area contributed by atoms with Crippen molar-refractivity contribution >= 4 is 21.9 Å². The molecular formula is C5H6F3NO5S. The van der Waals surface area contributed by atoms with Crippen molar-refractivity contribution in [1.82, 2.24) is 4.72 Å². The topological polar surface area (TPSA) is 89.5 Å². The third-order valence-corrected chi connectivity index (χ3v) is 2.07. The number of hydrogen-bond acceptors (Lipinski definition) is 5. The number of amides is 1. The summed E-state index contributed by atoms with van der Waals surface area (Å²) in [5.41, 5.74) is -5.58. The third-order valence-electron chi connectivity index (χ3n) is 0.959. The Morgan fingerprint density at radius 1 is 1.33 bits per heavy atom. The number of ether oxygens (including phenoxy) is 1. The molecule has 0 aromatic rings. The van der Waals surface area contributed by atoms with E-state index in [0.717, 1.165) is 6.92 Å². The van der Waals surface area contributed by atoms with Gasteiger partial charge in [-0.3, -0.25) is 9.59 Å². The van der Waals surface area contributed by atoms with Crippen molar-refractivity contribution in [3.05, 3.63) is 0 Å². The van der Waals surface area contributed by atoms with Crippen molar-refractivity contribution in [1.29, 1.82) is 0 Å². The molecule has 0 saturated carbocycles. The van der Waals surface area contributed by atoms with E-state index in [9.17, 15) is 31.2 Å². The molecule has 0 aliphatic rings. The maximum Gasteiger partial charge on any atom is 0.516 e. The predicted molar refractivity (Wildman–Crippen MR) is 39.8 cm³/mol. The first-order valence-electron chi connectivity index (χ1n) is 3.31. The van der Waals surface area contributed by atoms with E-state index in [2.05, 4.69) is 4.74 Å². The number of nitrogens with one attached hydrogen (secondary N) is 1. The summed E-state index contributed by atoms with van der Waals surface area (Å²) in [5, 5.41) is 0. The molecule has 0 bridgehead atoms. The van der Waals surface area contributed by atoms with Crippen LogP contribution >= 0.6 is 0 Å². The summed E-state index contributed by atoms with van der Waals surface area (Å²) >= 11 is 0. The van der Waals surface area contributed by atoms with Gasteiger partial charge < -0.3 is 4.74 Å². The van der Waals surface area contributed by atoms with Gasteiger partial charge in [0.15, 0.2) is 6.61 Å². The van der Waals surface area contributed by atoms with Crippen LogP contribution in [0, 0.1) is 0 Å². The maximum absolute atomic E-state index is 11.7.